The van der Waals surface area contributed by atoms with Crippen molar-refractivity contribution in [2.45, 2.75) is 13.8 Å². The molecule has 164 valence electrons. The van der Waals surface area contributed by atoms with Crippen LogP contribution in [0.4, 0.5) is 0 Å². The molecule has 0 saturated carbocycles. The minimum absolute atomic E-state index is 0.131. The van der Waals surface area contributed by atoms with Gasteiger partial charge in [-0.2, -0.15) is 0 Å². The smallest absolute Gasteiger partial charge is 0.344 e. The predicted octanol–water partition coefficient (Wildman–Crippen LogP) is 3.58. The summed E-state index contributed by atoms with van der Waals surface area (Å²) < 4.78 is 32.3. The van der Waals surface area contributed by atoms with Crippen molar-refractivity contribution in [2.24, 2.45) is 0 Å². The molecule has 0 unspecified atom stereocenters. The number of ether oxygens (including phenoxy) is 6. The lowest BCUT2D eigenvalue weighted by Gasteiger charge is -2.12. The molecule has 0 amide bonds. The van der Waals surface area contributed by atoms with Crippen LogP contribution in [0, 0.1) is 6.92 Å². The highest BCUT2D eigenvalue weighted by molar-refractivity contribution is 6.15. The predicted molar refractivity (Wildman–Crippen MR) is 112 cm³/mol. The molecule has 1 aliphatic rings. The molecule has 0 N–H and O–H groups in total. The lowest BCUT2D eigenvalue weighted by atomic mass is 10.1. The van der Waals surface area contributed by atoms with Gasteiger partial charge in [-0.05, 0) is 38.1 Å². The average molecular weight is 428 g/mol. The summed E-state index contributed by atoms with van der Waals surface area (Å²) in [7, 11) is 4.57. The summed E-state index contributed by atoms with van der Waals surface area (Å²) >= 11 is 0. The summed E-state index contributed by atoms with van der Waals surface area (Å²) in [6.07, 6.45) is 1.59. The Bertz CT molecular complexity index is 1040. The molecule has 8 heteroatoms. The van der Waals surface area contributed by atoms with Crippen molar-refractivity contribution in [3.8, 4) is 28.7 Å². The van der Waals surface area contributed by atoms with Crippen molar-refractivity contribution in [1.29, 1.82) is 0 Å². The van der Waals surface area contributed by atoms with Gasteiger partial charge in [0.05, 0.1) is 33.5 Å². The van der Waals surface area contributed by atoms with Crippen LogP contribution in [0.2, 0.25) is 0 Å². The summed E-state index contributed by atoms with van der Waals surface area (Å²) in [5, 5.41) is 0. The molecule has 2 aromatic carbocycles. The highest BCUT2D eigenvalue weighted by Crippen LogP contribution is 2.41. The third kappa shape index (κ3) is 4.42. The Labute approximate surface area is 180 Å². The third-order valence-corrected chi connectivity index (χ3v) is 4.71. The van der Waals surface area contributed by atoms with Crippen LogP contribution in [-0.2, 0) is 9.53 Å². The van der Waals surface area contributed by atoms with E-state index in [0.29, 0.717) is 45.4 Å². The minimum Gasteiger partial charge on any atom is -0.496 e. The van der Waals surface area contributed by atoms with Gasteiger partial charge in [-0.1, -0.05) is 0 Å². The first-order valence-electron chi connectivity index (χ1n) is 9.59. The number of fused-ring (bicyclic) bond motifs is 1. The number of esters is 1. The number of benzene rings is 2. The van der Waals surface area contributed by atoms with E-state index in [0.717, 1.165) is 0 Å². The number of rotatable bonds is 8. The zero-order valence-electron chi connectivity index (χ0n) is 18.1. The highest BCUT2D eigenvalue weighted by atomic mass is 16.6. The molecule has 0 radical (unpaired) electrons. The standard InChI is InChI=1S/C23H24O8/c1-6-29-21(24)12-30-16-8-7-15-22(25)20(31-23(15)13(16)2)10-14-9-18(27-4)19(28-5)11-17(14)26-3/h7-11H,6,12H2,1-5H3/b20-10-. The van der Waals surface area contributed by atoms with E-state index in [1.165, 1.54) is 21.3 Å². The van der Waals surface area contributed by atoms with Gasteiger partial charge in [0, 0.05) is 17.2 Å². The number of carbonyl (C=O) groups excluding carboxylic acids is 2. The van der Waals surface area contributed by atoms with Crippen molar-refractivity contribution < 1.29 is 38.0 Å². The lowest BCUT2D eigenvalue weighted by Crippen LogP contribution is -2.15. The normalized spacial score (nSPS) is 13.5. The first-order chi connectivity index (χ1) is 14.9. The average Bonchev–Trinajstić information content (AvgIpc) is 3.09. The van der Waals surface area contributed by atoms with Gasteiger partial charge in [0.2, 0.25) is 5.78 Å². The number of methoxy groups -OCH3 is 3. The van der Waals surface area contributed by atoms with E-state index in [1.807, 2.05) is 0 Å². The summed E-state index contributed by atoms with van der Waals surface area (Å²) in [6.45, 7) is 3.52. The van der Waals surface area contributed by atoms with Crippen LogP contribution in [0.25, 0.3) is 6.08 Å². The van der Waals surface area contributed by atoms with Crippen molar-refractivity contribution in [1.82, 2.24) is 0 Å². The number of ketones is 1. The molecule has 0 atom stereocenters. The zero-order valence-corrected chi connectivity index (χ0v) is 18.1. The second kappa shape index (κ2) is 9.42. The van der Waals surface area contributed by atoms with E-state index >= 15 is 0 Å². The summed E-state index contributed by atoms with van der Waals surface area (Å²) in [5.41, 5.74) is 1.61. The molecule has 0 fully saturated rings. The first-order valence-corrected chi connectivity index (χ1v) is 9.59. The van der Waals surface area contributed by atoms with Crippen LogP contribution >= 0.6 is 0 Å². The molecular weight excluding hydrogens is 404 g/mol. The molecule has 31 heavy (non-hydrogen) atoms. The molecule has 0 spiro atoms. The molecule has 2 aromatic rings. The fourth-order valence-electron chi connectivity index (χ4n) is 3.17. The molecule has 1 heterocycles. The Morgan fingerprint density at radius 1 is 1.00 bits per heavy atom. The zero-order chi connectivity index (χ0) is 22.5. The SMILES string of the molecule is CCOC(=O)COc1ccc2c(c1C)O/C(=C\c1cc(OC)c(OC)cc1OC)C2=O. The van der Waals surface area contributed by atoms with E-state index < -0.39 is 5.97 Å². The van der Waals surface area contributed by atoms with Crippen molar-refractivity contribution in [3.05, 3.63) is 46.7 Å². The molecule has 3 rings (SSSR count). The second-order valence-electron chi connectivity index (χ2n) is 6.55. The number of hydrogen-bond donors (Lipinski definition) is 0. The molecule has 0 aromatic heterocycles. The van der Waals surface area contributed by atoms with E-state index in [1.54, 1.807) is 44.2 Å². The van der Waals surface area contributed by atoms with Crippen LogP contribution in [0.15, 0.2) is 30.0 Å². The number of hydrogen-bond acceptors (Lipinski definition) is 8. The van der Waals surface area contributed by atoms with Gasteiger partial charge in [0.15, 0.2) is 23.9 Å². The Morgan fingerprint density at radius 3 is 2.32 bits per heavy atom. The van der Waals surface area contributed by atoms with Gasteiger partial charge in [0.1, 0.15) is 17.2 Å². The monoisotopic (exact) mass is 428 g/mol. The van der Waals surface area contributed by atoms with Gasteiger partial charge in [0.25, 0.3) is 0 Å². The van der Waals surface area contributed by atoms with Gasteiger partial charge < -0.3 is 28.4 Å². The Morgan fingerprint density at radius 2 is 1.68 bits per heavy atom. The van der Waals surface area contributed by atoms with Gasteiger partial charge in [-0.3, -0.25) is 4.79 Å². The fraction of sp³-hybridized carbons (Fsp3) is 0.304. The first kappa shape index (κ1) is 22.0. The number of Topliss-reactive ketones (excluding diaryl/α,β-unsaturated/α-hetero) is 1. The maximum Gasteiger partial charge on any atom is 0.344 e. The largest absolute Gasteiger partial charge is 0.496 e. The lowest BCUT2D eigenvalue weighted by molar-refractivity contribution is -0.145. The van der Waals surface area contributed by atoms with E-state index in [-0.39, 0.29) is 24.8 Å². The maximum absolute atomic E-state index is 12.9. The summed E-state index contributed by atoms with van der Waals surface area (Å²) in [5.74, 6) is 1.69. The van der Waals surface area contributed by atoms with Crippen molar-refractivity contribution in [2.75, 3.05) is 34.5 Å². The summed E-state index contributed by atoms with van der Waals surface area (Å²) in [6, 6.07) is 6.61. The van der Waals surface area contributed by atoms with Crippen LogP contribution < -0.4 is 23.7 Å². The van der Waals surface area contributed by atoms with Crippen molar-refractivity contribution in [3.63, 3.8) is 0 Å². The number of carbonyl (C=O) groups is 2. The van der Waals surface area contributed by atoms with Crippen LogP contribution in [0.1, 0.15) is 28.4 Å². The third-order valence-electron chi connectivity index (χ3n) is 4.71. The van der Waals surface area contributed by atoms with Crippen molar-refractivity contribution >= 4 is 17.8 Å². The van der Waals surface area contributed by atoms with Gasteiger partial charge in [-0.25, -0.2) is 4.79 Å². The fourth-order valence-corrected chi connectivity index (χ4v) is 3.17. The van der Waals surface area contributed by atoms with Gasteiger partial charge >= 0.3 is 5.97 Å². The molecule has 0 saturated heterocycles. The van der Waals surface area contributed by atoms with E-state index in [9.17, 15) is 9.59 Å². The molecule has 1 aliphatic heterocycles. The van der Waals surface area contributed by atoms with E-state index in [4.69, 9.17) is 28.4 Å². The molecule has 0 aliphatic carbocycles. The van der Waals surface area contributed by atoms with E-state index in [2.05, 4.69) is 0 Å². The molecule has 8 nitrogen and oxygen atoms in total. The Kier molecular flexibility index (Phi) is 6.69. The molecular formula is C23H24O8. The van der Waals surface area contributed by atoms with Crippen LogP contribution in [-0.4, -0.2) is 46.3 Å². The van der Waals surface area contributed by atoms with Crippen LogP contribution in [0.3, 0.4) is 0 Å². The Hall–Kier alpha value is -3.68. The Balaban J connectivity index is 1.91. The highest BCUT2D eigenvalue weighted by Gasteiger charge is 2.30. The topological polar surface area (TPSA) is 89.5 Å². The minimum atomic E-state index is -0.472. The van der Waals surface area contributed by atoms with Gasteiger partial charge in [-0.15, -0.1) is 0 Å². The maximum atomic E-state index is 12.9. The number of allylic oxidation sites excluding steroid dienone is 1. The summed E-state index contributed by atoms with van der Waals surface area (Å²) in [4.78, 5) is 24.4. The second-order valence-corrected chi connectivity index (χ2v) is 6.55. The quantitative estimate of drug-likeness (QED) is 0.466. The molecule has 0 bridgehead atoms. The van der Waals surface area contributed by atoms with Crippen LogP contribution in [0.5, 0.6) is 28.7 Å².